The van der Waals surface area contributed by atoms with Gasteiger partial charge in [0, 0.05) is 43.9 Å². The number of piperazine rings is 1. The lowest BCUT2D eigenvalue weighted by molar-refractivity contribution is -0.132. The lowest BCUT2D eigenvalue weighted by atomic mass is 10.1. The van der Waals surface area contributed by atoms with Gasteiger partial charge in [-0.15, -0.1) is 10.2 Å². The van der Waals surface area contributed by atoms with Crippen molar-refractivity contribution in [1.82, 2.24) is 20.0 Å². The maximum Gasteiger partial charge on any atom is 0.254 e. The lowest BCUT2D eigenvalue weighted by Crippen LogP contribution is -2.52. The highest BCUT2D eigenvalue weighted by atomic mass is 16.5. The van der Waals surface area contributed by atoms with E-state index in [4.69, 9.17) is 4.74 Å². The Morgan fingerprint density at radius 3 is 2.16 bits per heavy atom. The van der Waals surface area contributed by atoms with Crippen LogP contribution in [0.15, 0.2) is 60.7 Å². The molecule has 0 unspecified atom stereocenters. The van der Waals surface area contributed by atoms with E-state index < -0.39 is 0 Å². The van der Waals surface area contributed by atoms with Gasteiger partial charge >= 0.3 is 0 Å². The molecule has 0 aliphatic carbocycles. The molecule has 3 aromatic rings. The van der Waals surface area contributed by atoms with Gasteiger partial charge in [0.15, 0.2) is 5.82 Å². The number of hydrogen-bond donors (Lipinski definition) is 0. The molecule has 4 rings (SSSR count). The van der Waals surface area contributed by atoms with E-state index >= 15 is 0 Å². The van der Waals surface area contributed by atoms with Crippen molar-refractivity contribution in [2.45, 2.75) is 20.8 Å². The minimum Gasteiger partial charge on any atom is -0.497 e. The highest BCUT2D eigenvalue weighted by molar-refractivity contribution is 5.96. The summed E-state index contributed by atoms with van der Waals surface area (Å²) in [4.78, 5) is 32.0. The first-order chi connectivity index (χ1) is 17.8. The van der Waals surface area contributed by atoms with Crippen LogP contribution in [-0.4, -0.2) is 78.2 Å². The Balaban J connectivity index is 1.34. The number of methoxy groups -OCH3 is 1. The number of hydrogen-bond acceptors (Lipinski definition) is 6. The van der Waals surface area contributed by atoms with Crippen LogP contribution in [-0.2, 0) is 4.79 Å². The summed E-state index contributed by atoms with van der Waals surface area (Å²) in [7, 11) is 1.59. The Bertz CT molecular complexity index is 1190. The first-order valence-corrected chi connectivity index (χ1v) is 12.7. The summed E-state index contributed by atoms with van der Waals surface area (Å²) in [5, 5.41) is 8.84. The minimum absolute atomic E-state index is 0.0389. The second-order valence-electron chi connectivity index (χ2n) is 9.82. The molecule has 8 heteroatoms. The fraction of sp³-hybridized carbons (Fsp3) is 0.379. The molecular formula is C29H35N5O3. The monoisotopic (exact) mass is 501 g/mol. The van der Waals surface area contributed by atoms with Crippen LogP contribution in [0.25, 0.3) is 11.3 Å². The van der Waals surface area contributed by atoms with Crippen molar-refractivity contribution in [3.05, 3.63) is 71.8 Å². The van der Waals surface area contributed by atoms with Crippen LogP contribution in [0.4, 0.5) is 5.82 Å². The minimum atomic E-state index is -0.146. The summed E-state index contributed by atoms with van der Waals surface area (Å²) in [6.45, 7) is 9.21. The van der Waals surface area contributed by atoms with Gasteiger partial charge in [-0.3, -0.25) is 9.59 Å². The number of aromatic nitrogens is 2. The van der Waals surface area contributed by atoms with Crippen LogP contribution < -0.4 is 9.64 Å². The van der Waals surface area contributed by atoms with Gasteiger partial charge in [-0.2, -0.15) is 0 Å². The Kier molecular flexibility index (Phi) is 8.38. The van der Waals surface area contributed by atoms with E-state index in [0.29, 0.717) is 44.0 Å². The molecule has 1 aromatic heterocycles. The van der Waals surface area contributed by atoms with E-state index in [2.05, 4.69) is 34.2 Å². The zero-order valence-corrected chi connectivity index (χ0v) is 22.1. The number of rotatable bonds is 8. The number of benzene rings is 2. The van der Waals surface area contributed by atoms with Crippen LogP contribution >= 0.6 is 0 Å². The average molecular weight is 502 g/mol. The molecule has 1 aliphatic heterocycles. The van der Waals surface area contributed by atoms with Gasteiger partial charge in [0.25, 0.3) is 5.91 Å². The van der Waals surface area contributed by atoms with Crippen LogP contribution in [0, 0.1) is 12.8 Å². The van der Waals surface area contributed by atoms with E-state index in [9.17, 15) is 9.59 Å². The zero-order chi connectivity index (χ0) is 26.4. The van der Waals surface area contributed by atoms with Gasteiger partial charge in [0.1, 0.15) is 12.3 Å². The lowest BCUT2D eigenvalue weighted by Gasteiger charge is -2.36. The van der Waals surface area contributed by atoms with Gasteiger partial charge in [-0.1, -0.05) is 43.7 Å². The highest BCUT2D eigenvalue weighted by Crippen LogP contribution is 2.20. The van der Waals surface area contributed by atoms with E-state index in [1.807, 2.05) is 43.0 Å². The topological polar surface area (TPSA) is 78.9 Å². The summed E-state index contributed by atoms with van der Waals surface area (Å²) in [5.74, 6) is 1.55. The summed E-state index contributed by atoms with van der Waals surface area (Å²) >= 11 is 0. The number of nitrogens with zero attached hydrogens (tertiary/aromatic N) is 5. The van der Waals surface area contributed by atoms with Gasteiger partial charge in [0.2, 0.25) is 5.91 Å². The van der Waals surface area contributed by atoms with Crippen LogP contribution in [0.1, 0.15) is 29.8 Å². The summed E-state index contributed by atoms with van der Waals surface area (Å²) in [6.07, 6.45) is 0. The average Bonchev–Trinajstić information content (AvgIpc) is 2.92. The van der Waals surface area contributed by atoms with Crippen molar-refractivity contribution in [1.29, 1.82) is 0 Å². The first-order valence-electron chi connectivity index (χ1n) is 12.7. The maximum absolute atomic E-state index is 13.2. The summed E-state index contributed by atoms with van der Waals surface area (Å²) < 4.78 is 5.19. The van der Waals surface area contributed by atoms with E-state index in [1.54, 1.807) is 36.3 Å². The van der Waals surface area contributed by atoms with Crippen molar-refractivity contribution < 1.29 is 14.3 Å². The van der Waals surface area contributed by atoms with Crippen molar-refractivity contribution in [3.63, 3.8) is 0 Å². The number of ether oxygens (including phenoxy) is 1. The fourth-order valence-electron chi connectivity index (χ4n) is 4.40. The smallest absolute Gasteiger partial charge is 0.254 e. The van der Waals surface area contributed by atoms with Crippen LogP contribution in [0.3, 0.4) is 0 Å². The molecule has 194 valence electrons. The van der Waals surface area contributed by atoms with Crippen molar-refractivity contribution >= 4 is 17.6 Å². The van der Waals surface area contributed by atoms with Gasteiger partial charge in [-0.05, 0) is 49.2 Å². The largest absolute Gasteiger partial charge is 0.497 e. The summed E-state index contributed by atoms with van der Waals surface area (Å²) in [5.41, 5.74) is 3.63. The molecule has 0 bridgehead atoms. The second-order valence-corrected chi connectivity index (χ2v) is 9.82. The molecule has 1 aliphatic rings. The molecule has 2 aromatic carbocycles. The number of amides is 2. The summed E-state index contributed by atoms with van der Waals surface area (Å²) in [6, 6.07) is 19.2. The SMILES string of the molecule is COc1ccc(C(=O)N(CC(=O)N2CCN(c3ccc(-c4ccc(C)cc4)nn3)CC2)CC(C)C)cc1. The standard InChI is InChI=1S/C29H35N5O3/c1-21(2)19-34(29(36)24-9-11-25(37-4)12-10-24)20-28(35)33-17-15-32(16-18-33)27-14-13-26(30-31-27)23-7-5-22(3)6-8-23/h5-14,21H,15-20H2,1-4H3. The predicted octanol–water partition coefficient (Wildman–Crippen LogP) is 3.91. The fourth-order valence-corrected chi connectivity index (χ4v) is 4.40. The molecule has 0 radical (unpaired) electrons. The molecule has 37 heavy (non-hydrogen) atoms. The molecule has 0 spiro atoms. The van der Waals surface area contributed by atoms with E-state index in [0.717, 1.165) is 17.1 Å². The van der Waals surface area contributed by atoms with Crippen LogP contribution in [0.5, 0.6) is 5.75 Å². The highest BCUT2D eigenvalue weighted by Gasteiger charge is 2.26. The molecule has 2 heterocycles. The zero-order valence-electron chi connectivity index (χ0n) is 22.1. The molecule has 2 amide bonds. The van der Waals surface area contributed by atoms with E-state index in [1.165, 1.54) is 5.56 Å². The van der Waals surface area contributed by atoms with Crippen molar-refractivity contribution in [2.24, 2.45) is 5.92 Å². The van der Waals surface area contributed by atoms with Gasteiger partial charge in [-0.25, -0.2) is 0 Å². The van der Waals surface area contributed by atoms with E-state index in [-0.39, 0.29) is 24.3 Å². The number of aryl methyl sites for hydroxylation is 1. The Morgan fingerprint density at radius 2 is 1.59 bits per heavy atom. The second kappa shape index (κ2) is 11.9. The Hall–Kier alpha value is -3.94. The normalized spacial score (nSPS) is 13.5. The quantitative estimate of drug-likeness (QED) is 0.466. The third kappa shape index (κ3) is 6.64. The Morgan fingerprint density at radius 1 is 0.919 bits per heavy atom. The molecule has 1 saturated heterocycles. The molecule has 0 saturated carbocycles. The van der Waals surface area contributed by atoms with Crippen molar-refractivity contribution in [3.8, 4) is 17.0 Å². The third-order valence-electron chi connectivity index (χ3n) is 6.49. The molecular weight excluding hydrogens is 466 g/mol. The maximum atomic E-state index is 13.2. The molecule has 1 fully saturated rings. The molecule has 0 N–H and O–H groups in total. The Labute approximate surface area is 218 Å². The van der Waals surface area contributed by atoms with Crippen LogP contribution in [0.2, 0.25) is 0 Å². The number of carbonyl (C=O) groups is 2. The van der Waals surface area contributed by atoms with Gasteiger partial charge < -0.3 is 19.4 Å². The first kappa shape index (κ1) is 26.1. The van der Waals surface area contributed by atoms with Gasteiger partial charge in [0.05, 0.1) is 12.8 Å². The van der Waals surface area contributed by atoms with Crippen molar-refractivity contribution in [2.75, 3.05) is 51.3 Å². The predicted molar refractivity (Wildman–Crippen MR) is 145 cm³/mol. The third-order valence-corrected chi connectivity index (χ3v) is 6.49. The molecule has 8 nitrogen and oxygen atoms in total. The number of carbonyl (C=O) groups excluding carboxylic acids is 2. The number of anilines is 1. The molecule has 0 atom stereocenters.